The number of carbonyl (C=O) groups is 3. The Labute approximate surface area is 148 Å². The zero-order chi connectivity index (χ0) is 18.8. The molecule has 7 heteroatoms. The van der Waals surface area contributed by atoms with Crippen molar-refractivity contribution in [3.63, 3.8) is 0 Å². The van der Waals surface area contributed by atoms with Gasteiger partial charge in [0.05, 0.1) is 7.11 Å². The molecule has 1 unspecified atom stereocenters. The minimum atomic E-state index is -0.738. The molecule has 138 valence electrons. The topological polar surface area (TPSA) is 93.7 Å². The van der Waals surface area contributed by atoms with E-state index in [2.05, 4.69) is 15.4 Å². The summed E-state index contributed by atoms with van der Waals surface area (Å²) in [5, 5.41) is 5.11. The Bertz CT molecular complexity index is 601. The van der Waals surface area contributed by atoms with Crippen LogP contribution in [0, 0.1) is 12.8 Å². The van der Waals surface area contributed by atoms with Crippen LogP contribution >= 0.6 is 0 Å². The SMILES string of the molecule is COC(=O)CNC(=O)C(CC(C)C)NC(=O)COc1ccccc1C. The average molecular weight is 350 g/mol. The van der Waals surface area contributed by atoms with Gasteiger partial charge in [0, 0.05) is 0 Å². The molecule has 25 heavy (non-hydrogen) atoms. The minimum absolute atomic E-state index is 0.187. The molecule has 1 rings (SSSR count). The van der Waals surface area contributed by atoms with E-state index in [4.69, 9.17) is 4.74 Å². The fraction of sp³-hybridized carbons (Fsp3) is 0.500. The number of carbonyl (C=O) groups excluding carboxylic acids is 3. The lowest BCUT2D eigenvalue weighted by Crippen LogP contribution is -2.49. The van der Waals surface area contributed by atoms with Gasteiger partial charge in [0.15, 0.2) is 6.61 Å². The Kier molecular flexibility index (Phi) is 8.46. The first kappa shape index (κ1) is 20.5. The molecule has 0 bridgehead atoms. The number of hydrogen-bond donors (Lipinski definition) is 2. The van der Waals surface area contributed by atoms with Crippen molar-refractivity contribution in [3.05, 3.63) is 29.8 Å². The Hall–Kier alpha value is -2.57. The van der Waals surface area contributed by atoms with Crippen LogP contribution in [0.25, 0.3) is 0 Å². The van der Waals surface area contributed by atoms with Crippen LogP contribution in [-0.2, 0) is 19.1 Å². The third kappa shape index (κ3) is 7.69. The van der Waals surface area contributed by atoms with Gasteiger partial charge < -0.3 is 20.1 Å². The number of hydrogen-bond acceptors (Lipinski definition) is 5. The highest BCUT2D eigenvalue weighted by atomic mass is 16.5. The van der Waals surface area contributed by atoms with Gasteiger partial charge in [-0.3, -0.25) is 14.4 Å². The van der Waals surface area contributed by atoms with E-state index in [-0.39, 0.29) is 19.1 Å². The normalized spacial score (nSPS) is 11.6. The molecule has 7 nitrogen and oxygen atoms in total. The molecule has 0 heterocycles. The first-order chi connectivity index (χ1) is 11.8. The lowest BCUT2D eigenvalue weighted by atomic mass is 10.0. The summed E-state index contributed by atoms with van der Waals surface area (Å²) in [5.74, 6) is -0.573. The molecule has 0 spiro atoms. The molecule has 2 amide bonds. The molecule has 2 N–H and O–H groups in total. The molecule has 1 aromatic rings. The zero-order valence-corrected chi connectivity index (χ0v) is 15.1. The van der Waals surface area contributed by atoms with Gasteiger partial charge in [-0.2, -0.15) is 0 Å². The zero-order valence-electron chi connectivity index (χ0n) is 15.1. The van der Waals surface area contributed by atoms with Crippen LogP contribution in [0.4, 0.5) is 0 Å². The number of benzene rings is 1. The largest absolute Gasteiger partial charge is 0.484 e. The Morgan fingerprint density at radius 2 is 1.84 bits per heavy atom. The summed E-state index contributed by atoms with van der Waals surface area (Å²) >= 11 is 0. The number of nitrogens with one attached hydrogen (secondary N) is 2. The highest BCUT2D eigenvalue weighted by Gasteiger charge is 2.22. The molecule has 1 atom stereocenters. The van der Waals surface area contributed by atoms with Crippen LogP contribution in [0.3, 0.4) is 0 Å². The van der Waals surface area contributed by atoms with Crippen molar-refractivity contribution < 1.29 is 23.9 Å². The van der Waals surface area contributed by atoms with Gasteiger partial charge in [-0.05, 0) is 30.9 Å². The van der Waals surface area contributed by atoms with E-state index in [0.717, 1.165) is 5.56 Å². The summed E-state index contributed by atoms with van der Waals surface area (Å²) in [7, 11) is 1.24. The fourth-order valence-corrected chi connectivity index (χ4v) is 2.16. The van der Waals surface area contributed by atoms with Gasteiger partial charge in [-0.1, -0.05) is 32.0 Å². The maximum atomic E-state index is 12.2. The first-order valence-corrected chi connectivity index (χ1v) is 8.15. The average Bonchev–Trinajstić information content (AvgIpc) is 2.57. The predicted octanol–water partition coefficient (Wildman–Crippen LogP) is 1.19. The molecule has 0 radical (unpaired) electrons. The number of amides is 2. The molecule has 1 aromatic carbocycles. The maximum absolute atomic E-state index is 12.2. The van der Waals surface area contributed by atoms with Gasteiger partial charge in [-0.25, -0.2) is 0 Å². The number of aryl methyl sites for hydroxylation is 1. The molecule has 0 fully saturated rings. The fourth-order valence-electron chi connectivity index (χ4n) is 2.16. The van der Waals surface area contributed by atoms with E-state index in [1.54, 1.807) is 6.07 Å². The van der Waals surface area contributed by atoms with E-state index in [1.807, 2.05) is 39.0 Å². The number of para-hydroxylation sites is 1. The predicted molar refractivity (Wildman–Crippen MR) is 93.1 cm³/mol. The highest BCUT2D eigenvalue weighted by molar-refractivity contribution is 5.90. The Balaban J connectivity index is 2.58. The Morgan fingerprint density at radius 1 is 1.16 bits per heavy atom. The lowest BCUT2D eigenvalue weighted by Gasteiger charge is -2.20. The summed E-state index contributed by atoms with van der Waals surface area (Å²) in [5.41, 5.74) is 0.921. The van der Waals surface area contributed by atoms with Crippen molar-refractivity contribution in [1.82, 2.24) is 10.6 Å². The van der Waals surface area contributed by atoms with Crippen molar-refractivity contribution >= 4 is 17.8 Å². The van der Waals surface area contributed by atoms with Crippen LogP contribution in [0.15, 0.2) is 24.3 Å². The lowest BCUT2D eigenvalue weighted by molar-refractivity contribution is -0.141. The second-order valence-corrected chi connectivity index (χ2v) is 6.10. The summed E-state index contributed by atoms with van der Waals surface area (Å²) in [4.78, 5) is 35.4. The van der Waals surface area contributed by atoms with Crippen molar-refractivity contribution in [2.24, 2.45) is 5.92 Å². The van der Waals surface area contributed by atoms with Crippen LogP contribution in [0.2, 0.25) is 0 Å². The minimum Gasteiger partial charge on any atom is -0.484 e. The summed E-state index contributed by atoms with van der Waals surface area (Å²) < 4.78 is 9.96. The summed E-state index contributed by atoms with van der Waals surface area (Å²) in [6.45, 7) is 5.34. The third-order valence-corrected chi connectivity index (χ3v) is 3.45. The maximum Gasteiger partial charge on any atom is 0.325 e. The standard InChI is InChI=1S/C18H26N2O5/c1-12(2)9-14(18(23)19-10-17(22)24-4)20-16(21)11-25-15-8-6-5-7-13(15)3/h5-8,12,14H,9-11H2,1-4H3,(H,19,23)(H,20,21). The van der Waals surface area contributed by atoms with Crippen LogP contribution in [0.1, 0.15) is 25.8 Å². The third-order valence-electron chi connectivity index (χ3n) is 3.45. The first-order valence-electron chi connectivity index (χ1n) is 8.15. The molecule has 0 aromatic heterocycles. The molecular formula is C18H26N2O5. The van der Waals surface area contributed by atoms with Gasteiger partial charge in [0.1, 0.15) is 18.3 Å². The monoisotopic (exact) mass is 350 g/mol. The van der Waals surface area contributed by atoms with E-state index in [0.29, 0.717) is 12.2 Å². The van der Waals surface area contributed by atoms with Crippen molar-refractivity contribution in [2.75, 3.05) is 20.3 Å². The number of rotatable bonds is 9. The molecule has 0 aliphatic heterocycles. The van der Waals surface area contributed by atoms with E-state index in [9.17, 15) is 14.4 Å². The molecular weight excluding hydrogens is 324 g/mol. The van der Waals surface area contributed by atoms with Crippen molar-refractivity contribution in [1.29, 1.82) is 0 Å². The van der Waals surface area contributed by atoms with Crippen LogP contribution < -0.4 is 15.4 Å². The number of ether oxygens (including phenoxy) is 2. The van der Waals surface area contributed by atoms with Gasteiger partial charge in [0.2, 0.25) is 5.91 Å². The summed E-state index contributed by atoms with van der Waals surface area (Å²) in [6, 6.07) is 6.62. The molecule has 0 saturated carbocycles. The van der Waals surface area contributed by atoms with Crippen LogP contribution in [-0.4, -0.2) is 44.1 Å². The van der Waals surface area contributed by atoms with Crippen molar-refractivity contribution in [3.8, 4) is 5.75 Å². The van der Waals surface area contributed by atoms with Gasteiger partial charge in [0.25, 0.3) is 5.91 Å². The summed E-state index contributed by atoms with van der Waals surface area (Å²) in [6.07, 6.45) is 0.448. The second kappa shape index (κ2) is 10.3. The molecule has 0 aliphatic rings. The molecule has 0 saturated heterocycles. The second-order valence-electron chi connectivity index (χ2n) is 6.10. The van der Waals surface area contributed by atoms with E-state index < -0.39 is 23.8 Å². The van der Waals surface area contributed by atoms with E-state index in [1.165, 1.54) is 7.11 Å². The van der Waals surface area contributed by atoms with Gasteiger partial charge in [-0.15, -0.1) is 0 Å². The molecule has 0 aliphatic carbocycles. The van der Waals surface area contributed by atoms with Crippen LogP contribution in [0.5, 0.6) is 5.75 Å². The number of esters is 1. The van der Waals surface area contributed by atoms with Gasteiger partial charge >= 0.3 is 5.97 Å². The van der Waals surface area contributed by atoms with Crippen molar-refractivity contribution in [2.45, 2.75) is 33.2 Å². The smallest absolute Gasteiger partial charge is 0.325 e. The van der Waals surface area contributed by atoms with E-state index >= 15 is 0 Å². The Morgan fingerprint density at radius 3 is 2.44 bits per heavy atom. The highest BCUT2D eigenvalue weighted by Crippen LogP contribution is 2.15. The quantitative estimate of drug-likeness (QED) is 0.653. The number of methoxy groups -OCH3 is 1.